The van der Waals surface area contributed by atoms with Gasteiger partial charge in [0.15, 0.2) is 0 Å². The van der Waals surface area contributed by atoms with E-state index in [-0.39, 0.29) is 5.41 Å². The summed E-state index contributed by atoms with van der Waals surface area (Å²) in [4.78, 5) is 0. The zero-order valence-corrected chi connectivity index (χ0v) is 32.3. The van der Waals surface area contributed by atoms with Gasteiger partial charge in [0.1, 0.15) is 0 Å². The molecule has 12 rings (SSSR count). The molecule has 0 nitrogen and oxygen atoms in total. The predicted octanol–water partition coefficient (Wildman–Crippen LogP) is 15.8. The van der Waals surface area contributed by atoms with Gasteiger partial charge < -0.3 is 0 Å². The van der Waals surface area contributed by atoms with Crippen molar-refractivity contribution in [1.82, 2.24) is 0 Å². The maximum absolute atomic E-state index is 2.52. The zero-order chi connectivity index (χ0) is 37.1. The Hall–Kier alpha value is -6.28. The molecule has 0 saturated heterocycles. The molecule has 0 saturated carbocycles. The molecule has 0 radical (unpaired) electrons. The molecule has 1 heteroatoms. The van der Waals surface area contributed by atoms with Crippen LogP contribution >= 0.6 is 11.3 Å². The number of rotatable bonds is 3. The van der Waals surface area contributed by atoms with Crippen LogP contribution in [0.3, 0.4) is 0 Å². The SMILES string of the molecule is CC1(C)c2cc(-c3c4ccccc4c(-c4cccc(-c5ccc6c(c5)C=CCC6)c4)c4ccccc34)ccc2-c2c1ccc1ccc3sc4ccccc4c3c21. The Morgan fingerprint density at radius 1 is 0.464 bits per heavy atom. The van der Waals surface area contributed by atoms with E-state index in [0.29, 0.717) is 0 Å². The molecule has 1 heterocycles. The van der Waals surface area contributed by atoms with Gasteiger partial charge in [-0.25, -0.2) is 0 Å². The Morgan fingerprint density at radius 3 is 1.88 bits per heavy atom. The van der Waals surface area contributed by atoms with Gasteiger partial charge in [0.05, 0.1) is 0 Å². The van der Waals surface area contributed by atoms with Crippen molar-refractivity contribution in [2.24, 2.45) is 0 Å². The van der Waals surface area contributed by atoms with Gasteiger partial charge in [-0.3, -0.25) is 0 Å². The van der Waals surface area contributed by atoms with Crippen LogP contribution in [0, 0.1) is 0 Å². The molecule has 1 aromatic heterocycles. The van der Waals surface area contributed by atoms with Gasteiger partial charge in [-0.2, -0.15) is 0 Å². The van der Waals surface area contributed by atoms with Crippen LogP contribution in [0.4, 0.5) is 0 Å². The normalized spacial score (nSPS) is 14.2. The van der Waals surface area contributed by atoms with Gasteiger partial charge in [0, 0.05) is 25.6 Å². The van der Waals surface area contributed by atoms with Crippen LogP contribution in [0.2, 0.25) is 0 Å². The van der Waals surface area contributed by atoms with Crippen molar-refractivity contribution in [3.63, 3.8) is 0 Å². The third kappa shape index (κ3) is 4.53. The highest BCUT2D eigenvalue weighted by Crippen LogP contribution is 2.55. The number of aryl methyl sites for hydroxylation is 1. The Balaban J connectivity index is 1.07. The largest absolute Gasteiger partial charge is 0.135 e. The summed E-state index contributed by atoms with van der Waals surface area (Å²) >= 11 is 1.91. The van der Waals surface area contributed by atoms with E-state index >= 15 is 0 Å². The molecule has 0 unspecified atom stereocenters. The van der Waals surface area contributed by atoms with Gasteiger partial charge in [0.2, 0.25) is 0 Å². The summed E-state index contributed by atoms with van der Waals surface area (Å²) in [6.45, 7) is 4.84. The highest BCUT2D eigenvalue weighted by atomic mass is 32.1. The molecule has 0 N–H and O–H groups in total. The van der Waals surface area contributed by atoms with E-state index < -0.39 is 0 Å². The lowest BCUT2D eigenvalue weighted by atomic mass is 9.80. The van der Waals surface area contributed by atoms with Crippen molar-refractivity contribution in [3.8, 4) is 44.5 Å². The molecule has 0 amide bonds. The van der Waals surface area contributed by atoms with Gasteiger partial charge in [0.25, 0.3) is 0 Å². The lowest BCUT2D eigenvalue weighted by molar-refractivity contribution is 0.661. The second-order valence-electron chi connectivity index (χ2n) is 16.3. The molecule has 0 atom stereocenters. The van der Waals surface area contributed by atoms with E-state index in [2.05, 4.69) is 184 Å². The molecule has 264 valence electrons. The van der Waals surface area contributed by atoms with Crippen molar-refractivity contribution < 1.29 is 0 Å². The van der Waals surface area contributed by atoms with Crippen molar-refractivity contribution in [1.29, 1.82) is 0 Å². The Labute approximate surface area is 331 Å². The fourth-order valence-electron chi connectivity index (χ4n) is 10.2. The number of fused-ring (bicyclic) bond motifs is 12. The Morgan fingerprint density at radius 2 is 1.11 bits per heavy atom. The maximum Gasteiger partial charge on any atom is 0.0362 e. The van der Waals surface area contributed by atoms with E-state index in [1.54, 1.807) is 0 Å². The smallest absolute Gasteiger partial charge is 0.0362 e. The highest BCUT2D eigenvalue weighted by Gasteiger charge is 2.37. The summed E-state index contributed by atoms with van der Waals surface area (Å²) in [6.07, 6.45) is 6.84. The fraction of sp³-hybridized carbons (Fsp3) is 0.0909. The van der Waals surface area contributed by atoms with Crippen molar-refractivity contribution >= 4 is 69.9 Å². The van der Waals surface area contributed by atoms with Crippen LogP contribution in [0.15, 0.2) is 164 Å². The first-order chi connectivity index (χ1) is 27.5. The molecule has 2 aliphatic rings. The first-order valence-electron chi connectivity index (χ1n) is 19.9. The van der Waals surface area contributed by atoms with Crippen molar-refractivity contribution in [2.75, 3.05) is 0 Å². The van der Waals surface area contributed by atoms with E-state index in [0.717, 1.165) is 12.8 Å². The predicted molar refractivity (Wildman–Crippen MR) is 243 cm³/mol. The number of benzene rings is 9. The summed E-state index contributed by atoms with van der Waals surface area (Å²) in [6, 6.07) is 60.0. The van der Waals surface area contributed by atoms with Crippen LogP contribution in [0.1, 0.15) is 42.5 Å². The first kappa shape index (κ1) is 32.0. The fourth-order valence-corrected chi connectivity index (χ4v) is 11.3. The lowest BCUT2D eigenvalue weighted by Gasteiger charge is -2.23. The minimum absolute atomic E-state index is 0.151. The summed E-state index contributed by atoms with van der Waals surface area (Å²) in [7, 11) is 0. The van der Waals surface area contributed by atoms with Gasteiger partial charge >= 0.3 is 0 Å². The van der Waals surface area contributed by atoms with Crippen molar-refractivity contribution in [2.45, 2.75) is 32.1 Å². The van der Waals surface area contributed by atoms with Crippen LogP contribution in [-0.4, -0.2) is 0 Å². The topological polar surface area (TPSA) is 0 Å². The van der Waals surface area contributed by atoms with E-state index in [9.17, 15) is 0 Å². The summed E-state index contributed by atoms with van der Waals surface area (Å²) in [5.41, 5.74) is 15.9. The van der Waals surface area contributed by atoms with Gasteiger partial charge in [-0.05, 0) is 142 Å². The molecular weight excluding hydrogens is 693 g/mol. The monoisotopic (exact) mass is 730 g/mol. The van der Waals surface area contributed by atoms with E-state index in [1.165, 1.54) is 119 Å². The molecule has 10 aromatic rings. The number of hydrogen-bond acceptors (Lipinski definition) is 1. The van der Waals surface area contributed by atoms with Crippen LogP contribution < -0.4 is 0 Å². The molecule has 0 spiro atoms. The molecule has 0 fully saturated rings. The zero-order valence-electron chi connectivity index (χ0n) is 31.5. The Bertz CT molecular complexity index is 3280. The van der Waals surface area contributed by atoms with Crippen LogP contribution in [-0.2, 0) is 11.8 Å². The second-order valence-corrected chi connectivity index (χ2v) is 17.4. The average molecular weight is 731 g/mol. The molecule has 56 heavy (non-hydrogen) atoms. The third-order valence-electron chi connectivity index (χ3n) is 12.9. The summed E-state index contributed by atoms with van der Waals surface area (Å²) in [5, 5.41) is 10.6. The van der Waals surface area contributed by atoms with E-state index in [4.69, 9.17) is 0 Å². The van der Waals surface area contributed by atoms with Gasteiger partial charge in [-0.1, -0.05) is 153 Å². The van der Waals surface area contributed by atoms with E-state index in [1.807, 2.05) is 11.3 Å². The number of hydrogen-bond donors (Lipinski definition) is 0. The minimum atomic E-state index is -0.151. The minimum Gasteiger partial charge on any atom is -0.135 e. The average Bonchev–Trinajstić information content (AvgIpc) is 3.74. The number of thiophene rings is 1. The summed E-state index contributed by atoms with van der Waals surface area (Å²) in [5.74, 6) is 0. The molecule has 2 aliphatic carbocycles. The van der Waals surface area contributed by atoms with Crippen molar-refractivity contribution in [3.05, 3.63) is 186 Å². The second kappa shape index (κ2) is 11.9. The van der Waals surface area contributed by atoms with Crippen LogP contribution in [0.25, 0.3) is 103 Å². The lowest BCUT2D eigenvalue weighted by Crippen LogP contribution is -2.15. The maximum atomic E-state index is 2.52. The Kier molecular flexibility index (Phi) is 6.78. The molecule has 0 aliphatic heterocycles. The highest BCUT2D eigenvalue weighted by molar-refractivity contribution is 7.26. The molecule has 0 bridgehead atoms. The summed E-state index contributed by atoms with van der Waals surface area (Å²) < 4.78 is 2.71. The van der Waals surface area contributed by atoms with Gasteiger partial charge in [-0.15, -0.1) is 11.3 Å². The van der Waals surface area contributed by atoms with Crippen LogP contribution in [0.5, 0.6) is 0 Å². The quantitative estimate of drug-likeness (QED) is 0.159. The molecular formula is C55H38S. The first-order valence-corrected chi connectivity index (χ1v) is 20.7. The molecule has 9 aromatic carbocycles. The number of allylic oxidation sites excluding steroid dienone is 1. The standard InChI is InChI=1S/C55H38S/c1-55(2)46-28-25-34-26-29-49-54(45-20-9-10-21-48(45)56-49)52(34)53(46)44-27-24-39(32-47(44)55)51-42-18-7-5-16-40(42)50(41-17-6-8-19-43(41)51)38-15-11-14-36(31-38)37-23-22-33-12-3-4-13-35(33)30-37/h4-11,13-32H,3,12H2,1-2H3. The third-order valence-corrected chi connectivity index (χ3v) is 14.0.